The first-order chi connectivity index (χ1) is 13.4. The van der Waals surface area contributed by atoms with Crippen molar-refractivity contribution in [1.29, 1.82) is 0 Å². The highest BCUT2D eigenvalue weighted by molar-refractivity contribution is 7.89. The maximum absolute atomic E-state index is 13.1. The predicted molar refractivity (Wildman–Crippen MR) is 103 cm³/mol. The van der Waals surface area contributed by atoms with Crippen LogP contribution in [0, 0.1) is 19.8 Å². The highest BCUT2D eigenvalue weighted by Gasteiger charge is 2.35. The van der Waals surface area contributed by atoms with Crippen molar-refractivity contribution in [3.63, 3.8) is 0 Å². The molecule has 1 amide bonds. The summed E-state index contributed by atoms with van der Waals surface area (Å²) in [4.78, 5) is 16.6. The smallest absolute Gasteiger partial charge is 0.248 e. The lowest BCUT2D eigenvalue weighted by Crippen LogP contribution is -2.39. The Morgan fingerprint density at radius 1 is 1.36 bits per heavy atom. The van der Waals surface area contributed by atoms with Crippen LogP contribution in [-0.4, -0.2) is 41.9 Å². The van der Waals surface area contributed by atoms with Gasteiger partial charge in [0.2, 0.25) is 15.9 Å². The van der Waals surface area contributed by atoms with E-state index in [-0.39, 0.29) is 22.6 Å². The Morgan fingerprint density at radius 3 is 2.82 bits per heavy atom. The van der Waals surface area contributed by atoms with Crippen molar-refractivity contribution in [2.24, 2.45) is 5.92 Å². The number of aryl methyl sites for hydroxylation is 2. The van der Waals surface area contributed by atoms with Gasteiger partial charge in [0.05, 0.1) is 17.2 Å². The minimum atomic E-state index is -3.64. The molecule has 1 aliphatic carbocycles. The topological polar surface area (TPSA) is 105 Å². The van der Waals surface area contributed by atoms with Crippen LogP contribution in [0.1, 0.15) is 53.8 Å². The van der Waals surface area contributed by atoms with Crippen LogP contribution in [0.4, 0.5) is 0 Å². The third-order valence-corrected chi connectivity index (χ3v) is 8.43. The van der Waals surface area contributed by atoms with Crippen molar-refractivity contribution >= 4 is 27.3 Å². The molecular weight excluding hydrogens is 400 g/mol. The zero-order valence-electron chi connectivity index (χ0n) is 16.0. The highest BCUT2D eigenvalue weighted by atomic mass is 32.2. The van der Waals surface area contributed by atoms with Crippen LogP contribution in [-0.2, 0) is 21.4 Å². The molecule has 2 aromatic heterocycles. The lowest BCUT2D eigenvalue weighted by atomic mass is 10.0. The highest BCUT2D eigenvalue weighted by Crippen LogP contribution is 2.33. The molecule has 1 aliphatic heterocycles. The molecule has 1 saturated heterocycles. The van der Waals surface area contributed by atoms with Gasteiger partial charge in [0.25, 0.3) is 0 Å². The average Bonchev–Trinajstić information content (AvgIpc) is 3.32. The molecular formula is C18H24N4O4S2. The van der Waals surface area contributed by atoms with Crippen LogP contribution in [0.15, 0.2) is 14.8 Å². The summed E-state index contributed by atoms with van der Waals surface area (Å²) >= 11 is 1.53. The number of sulfonamides is 1. The van der Waals surface area contributed by atoms with Crippen LogP contribution in [0.2, 0.25) is 0 Å². The van der Waals surface area contributed by atoms with Gasteiger partial charge in [-0.05, 0) is 39.5 Å². The Bertz CT molecular complexity index is 958. The number of thiazole rings is 1. The molecule has 2 fully saturated rings. The number of carbonyl (C=O) groups excluding carboxylic acids is 1. The van der Waals surface area contributed by atoms with Gasteiger partial charge < -0.3 is 9.84 Å². The zero-order valence-corrected chi connectivity index (χ0v) is 17.6. The van der Waals surface area contributed by atoms with E-state index in [0.717, 1.165) is 36.4 Å². The number of piperidine rings is 1. The van der Waals surface area contributed by atoms with Gasteiger partial charge >= 0.3 is 0 Å². The molecule has 0 aromatic carbocycles. The number of hydrogen-bond donors (Lipinski definition) is 1. The predicted octanol–water partition coefficient (Wildman–Crippen LogP) is 2.34. The minimum Gasteiger partial charge on any atom is -0.360 e. The SMILES string of the molecule is Cc1noc(C)c1S(=O)(=O)N1CCCC(c2nc(CNC(=O)C3CC3)cs2)C1. The second kappa shape index (κ2) is 7.57. The molecule has 4 rings (SSSR count). The standard InChI is InChI=1S/C18H24N4O4S2/c1-11-16(12(2)26-21-11)28(24,25)22-7-3-4-14(9-22)18-20-15(10-27-18)8-19-17(23)13-5-6-13/h10,13-14H,3-9H2,1-2H3,(H,19,23). The van der Waals surface area contributed by atoms with Gasteiger partial charge in [0.15, 0.2) is 5.76 Å². The molecule has 0 spiro atoms. The molecule has 10 heteroatoms. The summed E-state index contributed by atoms with van der Waals surface area (Å²) < 4.78 is 32.7. The van der Waals surface area contributed by atoms with Crippen molar-refractivity contribution in [3.05, 3.63) is 27.5 Å². The lowest BCUT2D eigenvalue weighted by molar-refractivity contribution is -0.122. The molecule has 28 heavy (non-hydrogen) atoms. The summed E-state index contributed by atoms with van der Waals surface area (Å²) in [5.74, 6) is 0.660. The number of amides is 1. The Labute approximate surface area is 168 Å². The molecule has 2 aromatic rings. The van der Waals surface area contributed by atoms with E-state index in [1.165, 1.54) is 15.6 Å². The van der Waals surface area contributed by atoms with E-state index in [0.29, 0.717) is 31.1 Å². The first kappa shape index (κ1) is 19.5. The average molecular weight is 425 g/mol. The number of rotatable bonds is 6. The molecule has 1 unspecified atom stereocenters. The fourth-order valence-corrected chi connectivity index (χ4v) is 6.36. The number of nitrogens with zero attached hydrogens (tertiary/aromatic N) is 3. The quantitative estimate of drug-likeness (QED) is 0.763. The van der Waals surface area contributed by atoms with E-state index in [1.54, 1.807) is 13.8 Å². The van der Waals surface area contributed by atoms with E-state index in [9.17, 15) is 13.2 Å². The number of aromatic nitrogens is 2. The molecule has 0 radical (unpaired) electrons. The first-order valence-electron chi connectivity index (χ1n) is 9.51. The number of nitrogens with one attached hydrogen (secondary N) is 1. The molecule has 3 heterocycles. The zero-order chi connectivity index (χ0) is 19.9. The van der Waals surface area contributed by atoms with E-state index < -0.39 is 10.0 Å². The van der Waals surface area contributed by atoms with E-state index >= 15 is 0 Å². The second-order valence-electron chi connectivity index (χ2n) is 7.52. The largest absolute Gasteiger partial charge is 0.360 e. The summed E-state index contributed by atoms with van der Waals surface area (Å²) in [7, 11) is -3.64. The number of carbonyl (C=O) groups is 1. The summed E-state index contributed by atoms with van der Waals surface area (Å²) in [6.07, 6.45) is 3.63. The molecule has 1 N–H and O–H groups in total. The Morgan fingerprint density at radius 2 is 2.14 bits per heavy atom. The number of hydrogen-bond acceptors (Lipinski definition) is 7. The van der Waals surface area contributed by atoms with Gasteiger partial charge in [-0.3, -0.25) is 4.79 Å². The third kappa shape index (κ3) is 3.85. The van der Waals surface area contributed by atoms with Crippen LogP contribution in [0.3, 0.4) is 0 Å². The van der Waals surface area contributed by atoms with Gasteiger partial charge in [-0.25, -0.2) is 13.4 Å². The van der Waals surface area contributed by atoms with Gasteiger partial charge in [0.1, 0.15) is 10.6 Å². The second-order valence-corrected chi connectivity index (χ2v) is 10.3. The summed E-state index contributed by atoms with van der Waals surface area (Å²) in [5.41, 5.74) is 1.22. The van der Waals surface area contributed by atoms with Crippen LogP contribution in [0.25, 0.3) is 0 Å². The van der Waals surface area contributed by atoms with Crippen LogP contribution >= 0.6 is 11.3 Å². The maximum atomic E-state index is 13.1. The van der Waals surface area contributed by atoms with Crippen LogP contribution in [0.5, 0.6) is 0 Å². The van der Waals surface area contributed by atoms with Gasteiger partial charge in [-0.2, -0.15) is 4.31 Å². The normalized spacial score (nSPS) is 21.0. The third-order valence-electron chi connectivity index (χ3n) is 5.26. The Hall–Kier alpha value is -1.78. The fraction of sp³-hybridized carbons (Fsp3) is 0.611. The van der Waals surface area contributed by atoms with Crippen molar-refractivity contribution in [3.8, 4) is 0 Å². The van der Waals surface area contributed by atoms with Crippen molar-refractivity contribution in [1.82, 2.24) is 19.8 Å². The fourth-order valence-electron chi connectivity index (χ4n) is 3.59. The van der Waals surface area contributed by atoms with Gasteiger partial charge in [-0.1, -0.05) is 5.16 Å². The monoisotopic (exact) mass is 424 g/mol. The molecule has 1 atom stereocenters. The molecule has 8 nitrogen and oxygen atoms in total. The summed E-state index contributed by atoms with van der Waals surface area (Å²) in [6, 6.07) is 0. The van der Waals surface area contributed by atoms with Gasteiger partial charge in [-0.15, -0.1) is 11.3 Å². The van der Waals surface area contributed by atoms with E-state index in [2.05, 4.69) is 15.5 Å². The molecule has 2 aliphatic rings. The summed E-state index contributed by atoms with van der Waals surface area (Å²) in [6.45, 7) is 4.58. The molecule has 0 bridgehead atoms. The summed E-state index contributed by atoms with van der Waals surface area (Å²) in [5, 5.41) is 9.58. The van der Waals surface area contributed by atoms with E-state index in [1.807, 2.05) is 5.38 Å². The van der Waals surface area contributed by atoms with Crippen molar-refractivity contribution in [2.45, 2.75) is 56.9 Å². The van der Waals surface area contributed by atoms with E-state index in [4.69, 9.17) is 4.52 Å². The first-order valence-corrected chi connectivity index (χ1v) is 11.8. The van der Waals surface area contributed by atoms with Crippen molar-refractivity contribution in [2.75, 3.05) is 13.1 Å². The molecule has 1 saturated carbocycles. The van der Waals surface area contributed by atoms with Gasteiger partial charge in [0, 0.05) is 30.3 Å². The molecule has 152 valence electrons. The minimum absolute atomic E-state index is 0.0573. The van der Waals surface area contributed by atoms with Crippen molar-refractivity contribution < 1.29 is 17.7 Å². The lowest BCUT2D eigenvalue weighted by Gasteiger charge is -2.30. The maximum Gasteiger partial charge on any atom is 0.248 e. The van der Waals surface area contributed by atoms with Crippen LogP contribution < -0.4 is 5.32 Å². The Kier molecular flexibility index (Phi) is 5.28. The Balaban J connectivity index is 1.44.